The van der Waals surface area contributed by atoms with Crippen LogP contribution in [-0.4, -0.2) is 41.7 Å². The lowest BCUT2D eigenvalue weighted by molar-refractivity contribution is -0.134. The Morgan fingerprint density at radius 1 is 1.28 bits per heavy atom. The molecule has 108 valence electrons. The Labute approximate surface area is 112 Å². The largest absolute Gasteiger partial charge is 0.396 e. The Morgan fingerprint density at radius 2 is 1.89 bits per heavy atom. The summed E-state index contributed by atoms with van der Waals surface area (Å²) in [5, 5.41) is 8.87. The van der Waals surface area contributed by atoms with Crippen molar-refractivity contribution >= 4 is 5.91 Å². The number of aliphatic hydroxyl groups excluding tert-OH is 1. The van der Waals surface area contributed by atoms with E-state index in [9.17, 15) is 4.79 Å². The molecule has 0 rings (SSSR count). The van der Waals surface area contributed by atoms with Gasteiger partial charge >= 0.3 is 0 Å². The van der Waals surface area contributed by atoms with Crippen LogP contribution in [0.3, 0.4) is 0 Å². The molecule has 1 atom stereocenters. The maximum Gasteiger partial charge on any atom is 0.223 e. The van der Waals surface area contributed by atoms with E-state index in [2.05, 4.69) is 13.8 Å². The SMILES string of the molecule is CC(C)CC(CN)CC(=O)N(CCCO)C(C)C. The van der Waals surface area contributed by atoms with E-state index in [1.807, 2.05) is 18.7 Å². The molecule has 0 aliphatic heterocycles. The zero-order chi connectivity index (χ0) is 14.1. The van der Waals surface area contributed by atoms with E-state index < -0.39 is 0 Å². The minimum Gasteiger partial charge on any atom is -0.396 e. The molecule has 4 heteroatoms. The fourth-order valence-corrected chi connectivity index (χ4v) is 2.21. The van der Waals surface area contributed by atoms with Gasteiger partial charge < -0.3 is 15.7 Å². The summed E-state index contributed by atoms with van der Waals surface area (Å²) < 4.78 is 0. The van der Waals surface area contributed by atoms with E-state index in [4.69, 9.17) is 10.8 Å². The predicted octanol–water partition coefficient (Wildman–Crippen LogP) is 1.62. The first kappa shape index (κ1) is 17.4. The zero-order valence-corrected chi connectivity index (χ0v) is 12.4. The first-order valence-corrected chi connectivity index (χ1v) is 7.02. The van der Waals surface area contributed by atoms with Crippen molar-refractivity contribution in [2.24, 2.45) is 17.6 Å². The van der Waals surface area contributed by atoms with E-state index in [0.717, 1.165) is 6.42 Å². The molecule has 3 N–H and O–H groups in total. The normalized spacial score (nSPS) is 13.1. The van der Waals surface area contributed by atoms with Crippen LogP contribution >= 0.6 is 0 Å². The van der Waals surface area contributed by atoms with Gasteiger partial charge in [0.2, 0.25) is 5.91 Å². The van der Waals surface area contributed by atoms with Crippen molar-refractivity contribution < 1.29 is 9.90 Å². The molecule has 4 nitrogen and oxygen atoms in total. The summed E-state index contributed by atoms with van der Waals surface area (Å²) in [5.41, 5.74) is 5.73. The van der Waals surface area contributed by atoms with Gasteiger partial charge in [-0.3, -0.25) is 4.79 Å². The third kappa shape index (κ3) is 6.97. The Morgan fingerprint density at radius 3 is 2.28 bits per heavy atom. The summed E-state index contributed by atoms with van der Waals surface area (Å²) in [6, 6.07) is 0.182. The topological polar surface area (TPSA) is 66.6 Å². The lowest BCUT2D eigenvalue weighted by Gasteiger charge is -2.28. The molecular weight excluding hydrogens is 228 g/mol. The molecule has 0 saturated heterocycles. The first-order chi connectivity index (χ1) is 8.42. The zero-order valence-electron chi connectivity index (χ0n) is 12.4. The standard InChI is InChI=1S/C14H30N2O2/c1-11(2)8-13(10-15)9-14(18)16(12(3)4)6-5-7-17/h11-13,17H,5-10,15H2,1-4H3. The summed E-state index contributed by atoms with van der Waals surface area (Å²) in [5.74, 6) is 0.999. The molecular formula is C14H30N2O2. The fourth-order valence-electron chi connectivity index (χ4n) is 2.21. The number of amides is 1. The third-order valence-electron chi connectivity index (χ3n) is 3.10. The lowest BCUT2D eigenvalue weighted by atomic mass is 9.93. The van der Waals surface area contributed by atoms with Crippen LogP contribution in [0.4, 0.5) is 0 Å². The highest BCUT2D eigenvalue weighted by molar-refractivity contribution is 5.76. The number of rotatable bonds is 9. The van der Waals surface area contributed by atoms with E-state index in [-0.39, 0.29) is 24.5 Å². The second-order valence-electron chi connectivity index (χ2n) is 5.69. The summed E-state index contributed by atoms with van der Waals surface area (Å²) in [4.78, 5) is 14.1. The summed E-state index contributed by atoms with van der Waals surface area (Å²) in [6.45, 7) is 9.65. The van der Waals surface area contributed by atoms with E-state index in [0.29, 0.717) is 31.8 Å². The lowest BCUT2D eigenvalue weighted by Crippen LogP contribution is -2.39. The minimum absolute atomic E-state index is 0.128. The second kappa shape index (κ2) is 9.34. The molecule has 0 spiro atoms. The molecule has 0 saturated carbocycles. The smallest absolute Gasteiger partial charge is 0.223 e. The summed E-state index contributed by atoms with van der Waals surface area (Å²) >= 11 is 0. The average Bonchev–Trinajstić information content (AvgIpc) is 2.27. The average molecular weight is 258 g/mol. The van der Waals surface area contributed by atoms with Crippen molar-refractivity contribution in [3.05, 3.63) is 0 Å². The number of carbonyl (C=O) groups excluding carboxylic acids is 1. The van der Waals surface area contributed by atoms with Crippen LogP contribution in [0.15, 0.2) is 0 Å². The third-order valence-corrected chi connectivity index (χ3v) is 3.10. The quantitative estimate of drug-likeness (QED) is 0.660. The fraction of sp³-hybridized carbons (Fsp3) is 0.929. The van der Waals surface area contributed by atoms with Crippen molar-refractivity contribution in [2.45, 2.75) is 53.0 Å². The van der Waals surface area contributed by atoms with Crippen LogP contribution in [-0.2, 0) is 4.79 Å². The molecule has 0 heterocycles. The first-order valence-electron chi connectivity index (χ1n) is 7.02. The van der Waals surface area contributed by atoms with Gasteiger partial charge in [-0.15, -0.1) is 0 Å². The van der Waals surface area contributed by atoms with Crippen LogP contribution in [0.25, 0.3) is 0 Å². The van der Waals surface area contributed by atoms with Crippen LogP contribution in [0, 0.1) is 11.8 Å². The molecule has 1 unspecified atom stereocenters. The molecule has 1 amide bonds. The highest BCUT2D eigenvalue weighted by Gasteiger charge is 2.20. The van der Waals surface area contributed by atoms with Gasteiger partial charge in [-0.05, 0) is 45.1 Å². The number of hydrogen-bond donors (Lipinski definition) is 2. The molecule has 0 aromatic carbocycles. The molecule has 0 aromatic heterocycles. The van der Waals surface area contributed by atoms with Gasteiger partial charge in [-0.25, -0.2) is 0 Å². The van der Waals surface area contributed by atoms with Gasteiger partial charge in [0.05, 0.1) is 0 Å². The van der Waals surface area contributed by atoms with Crippen molar-refractivity contribution in [3.63, 3.8) is 0 Å². The number of nitrogens with zero attached hydrogens (tertiary/aromatic N) is 1. The van der Waals surface area contributed by atoms with Gasteiger partial charge in [0.1, 0.15) is 0 Å². The van der Waals surface area contributed by atoms with Crippen LogP contribution in [0.1, 0.15) is 47.0 Å². The summed E-state index contributed by atoms with van der Waals surface area (Å²) in [6.07, 6.45) is 2.16. The van der Waals surface area contributed by atoms with Crippen molar-refractivity contribution in [3.8, 4) is 0 Å². The van der Waals surface area contributed by atoms with Crippen LogP contribution in [0.2, 0.25) is 0 Å². The molecule has 0 radical (unpaired) electrons. The molecule has 0 aliphatic carbocycles. The Kier molecular flexibility index (Phi) is 9.02. The highest BCUT2D eigenvalue weighted by atomic mass is 16.3. The molecule has 0 aromatic rings. The van der Waals surface area contributed by atoms with Gasteiger partial charge in [-0.1, -0.05) is 13.8 Å². The summed E-state index contributed by atoms with van der Waals surface area (Å²) in [7, 11) is 0. The minimum atomic E-state index is 0.128. The van der Waals surface area contributed by atoms with Crippen molar-refractivity contribution in [1.82, 2.24) is 4.90 Å². The monoisotopic (exact) mass is 258 g/mol. The van der Waals surface area contributed by atoms with Crippen LogP contribution in [0.5, 0.6) is 0 Å². The van der Waals surface area contributed by atoms with Gasteiger partial charge in [-0.2, -0.15) is 0 Å². The molecule has 18 heavy (non-hydrogen) atoms. The molecule has 0 aliphatic rings. The Bertz CT molecular complexity index is 230. The highest BCUT2D eigenvalue weighted by Crippen LogP contribution is 2.16. The van der Waals surface area contributed by atoms with E-state index >= 15 is 0 Å². The number of hydrogen-bond acceptors (Lipinski definition) is 3. The number of nitrogens with two attached hydrogens (primary N) is 1. The predicted molar refractivity (Wildman–Crippen MR) is 75.2 cm³/mol. The molecule has 0 fully saturated rings. The van der Waals surface area contributed by atoms with Crippen molar-refractivity contribution in [2.75, 3.05) is 19.7 Å². The van der Waals surface area contributed by atoms with Gasteiger partial charge in [0.15, 0.2) is 0 Å². The Balaban J connectivity index is 4.38. The maximum absolute atomic E-state index is 12.2. The van der Waals surface area contributed by atoms with E-state index in [1.165, 1.54) is 0 Å². The number of aliphatic hydroxyl groups is 1. The van der Waals surface area contributed by atoms with Gasteiger partial charge in [0, 0.05) is 25.6 Å². The number of carbonyl (C=O) groups is 1. The van der Waals surface area contributed by atoms with E-state index in [1.54, 1.807) is 0 Å². The maximum atomic E-state index is 12.2. The second-order valence-corrected chi connectivity index (χ2v) is 5.69. The molecule has 0 bridgehead atoms. The van der Waals surface area contributed by atoms with Crippen LogP contribution < -0.4 is 5.73 Å². The van der Waals surface area contributed by atoms with Crippen molar-refractivity contribution in [1.29, 1.82) is 0 Å². The Hall–Kier alpha value is -0.610. The van der Waals surface area contributed by atoms with Gasteiger partial charge in [0.25, 0.3) is 0 Å².